The lowest BCUT2D eigenvalue weighted by Gasteiger charge is -2.11. The van der Waals surface area contributed by atoms with Gasteiger partial charge in [-0.2, -0.15) is 0 Å². The third-order valence-electron chi connectivity index (χ3n) is 4.98. The molecule has 0 bridgehead atoms. The summed E-state index contributed by atoms with van der Waals surface area (Å²) in [5.41, 5.74) is 5.80. The van der Waals surface area contributed by atoms with Crippen LogP contribution in [0.1, 0.15) is 37.4 Å². The van der Waals surface area contributed by atoms with Crippen molar-refractivity contribution in [2.75, 3.05) is 5.32 Å². The first-order valence-corrected chi connectivity index (χ1v) is 10.3. The molecule has 3 aromatic carbocycles. The highest BCUT2D eigenvalue weighted by Gasteiger charge is 2.18. The minimum Gasteiger partial charge on any atom is -0.322 e. The third kappa shape index (κ3) is 4.04. The summed E-state index contributed by atoms with van der Waals surface area (Å²) in [4.78, 5) is 26.0. The molecule has 0 spiro atoms. The second-order valence-electron chi connectivity index (χ2n) is 7.00. The Morgan fingerprint density at radius 3 is 2.27 bits per heavy atom. The van der Waals surface area contributed by atoms with E-state index in [-0.39, 0.29) is 11.7 Å². The topological polar surface area (TPSA) is 72.0 Å². The Hall–Kier alpha value is -3.64. The van der Waals surface area contributed by atoms with Crippen LogP contribution in [0.15, 0.2) is 72.1 Å². The van der Waals surface area contributed by atoms with Crippen molar-refractivity contribution in [3.05, 3.63) is 99.9 Å². The number of nitrogens with one attached hydrogen (secondary N) is 1. The highest BCUT2D eigenvalue weighted by atomic mass is 32.1. The van der Waals surface area contributed by atoms with E-state index in [4.69, 9.17) is 0 Å². The molecule has 6 heteroatoms. The van der Waals surface area contributed by atoms with E-state index >= 15 is 0 Å². The minimum absolute atomic E-state index is 0.171. The molecule has 5 nitrogen and oxygen atoms in total. The van der Waals surface area contributed by atoms with E-state index in [0.717, 1.165) is 22.4 Å². The fourth-order valence-electron chi connectivity index (χ4n) is 3.13. The number of aryl methyl sites for hydroxylation is 2. The first-order valence-electron chi connectivity index (χ1n) is 9.43. The quantitative estimate of drug-likeness (QED) is 0.450. The Labute approximate surface area is 178 Å². The average molecular weight is 414 g/mol. The van der Waals surface area contributed by atoms with E-state index in [1.165, 1.54) is 11.5 Å². The fraction of sp³-hybridized carbons (Fsp3) is 0.0833. The zero-order valence-corrected chi connectivity index (χ0v) is 17.4. The van der Waals surface area contributed by atoms with Crippen molar-refractivity contribution in [3.8, 4) is 11.3 Å². The standard InChI is InChI=1S/C24H19N3O2S/c1-15-7-8-18(13-16(15)2)23(28)20-5-3-4-6-21(20)24(29)25-19-11-9-17(10-12-19)22-14-30-27-26-22/h3-14H,1-2H3,(H,25,29). The van der Waals surface area contributed by atoms with E-state index < -0.39 is 0 Å². The SMILES string of the molecule is Cc1ccc(C(=O)c2ccccc2C(=O)Nc2ccc(-c3csnn3)cc2)cc1C. The molecule has 0 atom stereocenters. The number of amides is 1. The summed E-state index contributed by atoms with van der Waals surface area (Å²) in [5, 5.41) is 8.78. The van der Waals surface area contributed by atoms with Crippen molar-refractivity contribution >= 4 is 28.9 Å². The number of carbonyl (C=O) groups is 2. The molecule has 148 valence electrons. The monoisotopic (exact) mass is 413 g/mol. The van der Waals surface area contributed by atoms with E-state index in [0.29, 0.717) is 22.4 Å². The lowest BCUT2D eigenvalue weighted by atomic mass is 9.95. The van der Waals surface area contributed by atoms with Gasteiger partial charge in [-0.1, -0.05) is 47.0 Å². The van der Waals surface area contributed by atoms with Crippen LogP contribution in [-0.4, -0.2) is 21.3 Å². The molecule has 0 saturated carbocycles. The Morgan fingerprint density at radius 2 is 1.60 bits per heavy atom. The molecule has 1 amide bonds. The predicted molar refractivity (Wildman–Crippen MR) is 119 cm³/mol. The number of hydrogen-bond donors (Lipinski definition) is 1. The van der Waals surface area contributed by atoms with Crippen molar-refractivity contribution in [3.63, 3.8) is 0 Å². The van der Waals surface area contributed by atoms with Gasteiger partial charge in [0.1, 0.15) is 5.69 Å². The van der Waals surface area contributed by atoms with Gasteiger partial charge in [-0.15, -0.1) is 5.10 Å². The maximum Gasteiger partial charge on any atom is 0.256 e. The van der Waals surface area contributed by atoms with Crippen LogP contribution < -0.4 is 5.32 Å². The number of ketones is 1. The van der Waals surface area contributed by atoms with E-state index in [2.05, 4.69) is 14.9 Å². The highest BCUT2D eigenvalue weighted by molar-refractivity contribution is 7.03. The molecule has 0 saturated heterocycles. The van der Waals surface area contributed by atoms with E-state index in [1.807, 2.05) is 43.5 Å². The maximum atomic E-state index is 13.1. The maximum absolute atomic E-state index is 13.1. The van der Waals surface area contributed by atoms with Crippen LogP contribution in [0.5, 0.6) is 0 Å². The van der Waals surface area contributed by atoms with Crippen LogP contribution >= 0.6 is 11.5 Å². The van der Waals surface area contributed by atoms with Crippen LogP contribution in [0.2, 0.25) is 0 Å². The fourth-order valence-corrected chi connectivity index (χ4v) is 3.60. The summed E-state index contributed by atoms with van der Waals surface area (Å²) in [6.07, 6.45) is 0. The average Bonchev–Trinajstić information content (AvgIpc) is 3.30. The molecule has 1 heterocycles. The Morgan fingerprint density at radius 1 is 0.867 bits per heavy atom. The normalized spacial score (nSPS) is 10.6. The van der Waals surface area contributed by atoms with Gasteiger partial charge in [0.2, 0.25) is 0 Å². The number of rotatable bonds is 5. The number of carbonyl (C=O) groups excluding carboxylic acids is 2. The number of hydrogen-bond acceptors (Lipinski definition) is 5. The summed E-state index contributed by atoms with van der Waals surface area (Å²) in [5.74, 6) is -0.499. The summed E-state index contributed by atoms with van der Waals surface area (Å²) in [7, 11) is 0. The number of nitrogens with zero attached hydrogens (tertiary/aromatic N) is 2. The van der Waals surface area contributed by atoms with Gasteiger partial charge in [-0.25, -0.2) is 0 Å². The van der Waals surface area contributed by atoms with Gasteiger partial charge in [0.25, 0.3) is 5.91 Å². The van der Waals surface area contributed by atoms with Crippen molar-refractivity contribution in [2.24, 2.45) is 0 Å². The number of anilines is 1. The molecular formula is C24H19N3O2S. The van der Waals surface area contributed by atoms with Gasteiger partial charge in [-0.05, 0) is 60.8 Å². The summed E-state index contributed by atoms with van der Waals surface area (Å²) >= 11 is 1.29. The van der Waals surface area contributed by atoms with Crippen molar-refractivity contribution in [1.29, 1.82) is 0 Å². The van der Waals surface area contributed by atoms with Gasteiger partial charge < -0.3 is 5.32 Å². The van der Waals surface area contributed by atoms with Crippen molar-refractivity contribution in [2.45, 2.75) is 13.8 Å². The largest absolute Gasteiger partial charge is 0.322 e. The lowest BCUT2D eigenvalue weighted by molar-refractivity contribution is 0.0996. The van der Waals surface area contributed by atoms with Crippen molar-refractivity contribution in [1.82, 2.24) is 9.59 Å². The molecule has 0 aliphatic carbocycles. The lowest BCUT2D eigenvalue weighted by Crippen LogP contribution is -2.17. The van der Waals surface area contributed by atoms with Crippen LogP contribution in [0.3, 0.4) is 0 Å². The first kappa shape index (κ1) is 19.7. The Bertz CT molecular complexity index is 1220. The first-order chi connectivity index (χ1) is 14.5. The molecular weight excluding hydrogens is 394 g/mol. The molecule has 4 rings (SSSR count). The molecule has 0 aliphatic rings. The van der Waals surface area contributed by atoms with Gasteiger partial charge in [0, 0.05) is 27.8 Å². The molecule has 1 N–H and O–H groups in total. The molecule has 0 aliphatic heterocycles. The molecule has 0 fully saturated rings. The van der Waals surface area contributed by atoms with Crippen LogP contribution in [0.4, 0.5) is 5.69 Å². The summed E-state index contributed by atoms with van der Waals surface area (Å²) < 4.78 is 3.86. The highest BCUT2D eigenvalue weighted by Crippen LogP contribution is 2.22. The van der Waals surface area contributed by atoms with Gasteiger partial charge in [0.05, 0.1) is 5.56 Å². The Balaban J connectivity index is 1.58. The van der Waals surface area contributed by atoms with Gasteiger partial charge in [-0.3, -0.25) is 9.59 Å². The van der Waals surface area contributed by atoms with Gasteiger partial charge >= 0.3 is 0 Å². The van der Waals surface area contributed by atoms with Gasteiger partial charge in [0.15, 0.2) is 5.78 Å². The van der Waals surface area contributed by atoms with E-state index in [1.54, 1.807) is 42.5 Å². The van der Waals surface area contributed by atoms with Crippen LogP contribution in [-0.2, 0) is 0 Å². The predicted octanol–water partition coefficient (Wildman–Crippen LogP) is 5.31. The second-order valence-corrected chi connectivity index (χ2v) is 7.61. The Kier molecular flexibility index (Phi) is 5.50. The van der Waals surface area contributed by atoms with Crippen LogP contribution in [0.25, 0.3) is 11.3 Å². The zero-order chi connectivity index (χ0) is 21.1. The second kappa shape index (κ2) is 8.39. The number of aromatic nitrogens is 2. The molecule has 30 heavy (non-hydrogen) atoms. The van der Waals surface area contributed by atoms with Crippen molar-refractivity contribution < 1.29 is 9.59 Å². The molecule has 4 aromatic rings. The number of benzene rings is 3. The minimum atomic E-state index is -0.328. The molecule has 0 unspecified atom stereocenters. The zero-order valence-electron chi connectivity index (χ0n) is 16.5. The molecule has 0 radical (unpaired) electrons. The summed E-state index contributed by atoms with van der Waals surface area (Å²) in [6, 6.07) is 19.8. The smallest absolute Gasteiger partial charge is 0.256 e. The summed E-state index contributed by atoms with van der Waals surface area (Å²) in [6.45, 7) is 3.97. The third-order valence-corrected chi connectivity index (χ3v) is 5.49. The van der Waals surface area contributed by atoms with E-state index in [9.17, 15) is 9.59 Å². The molecule has 1 aromatic heterocycles. The van der Waals surface area contributed by atoms with Crippen LogP contribution in [0, 0.1) is 13.8 Å².